The summed E-state index contributed by atoms with van der Waals surface area (Å²) in [6.07, 6.45) is 4.91. The van der Waals surface area contributed by atoms with E-state index in [9.17, 15) is 4.79 Å². The van der Waals surface area contributed by atoms with Crippen molar-refractivity contribution >= 4 is 23.2 Å². The average Bonchev–Trinajstić information content (AvgIpc) is 3.02. The van der Waals surface area contributed by atoms with Crippen molar-refractivity contribution in [2.45, 2.75) is 58.5 Å². The smallest absolute Gasteiger partial charge is 0.238 e. The second-order valence-electron chi connectivity index (χ2n) is 6.55. The number of carbonyl (C=O) groups excluding carboxylic acids is 1. The fourth-order valence-electron chi connectivity index (χ4n) is 3.25. The van der Waals surface area contributed by atoms with Crippen LogP contribution < -0.4 is 10.1 Å². The molecular formula is C18H27ClN2O2. The molecule has 0 radical (unpaired) electrons. The van der Waals surface area contributed by atoms with Gasteiger partial charge in [-0.3, -0.25) is 9.69 Å². The standard InChI is InChI=1S/C18H27ClN2O2/c1-12(2)21(14-7-5-6-8-14)11-18(22)20-16-9-13(3)15(19)10-17(16)23-4/h9-10,12,14H,5-8,11H2,1-4H3,(H,20,22). The van der Waals surface area contributed by atoms with Crippen LogP contribution in [0.3, 0.4) is 0 Å². The zero-order chi connectivity index (χ0) is 17.0. The van der Waals surface area contributed by atoms with Gasteiger partial charge in [0.05, 0.1) is 19.3 Å². The first kappa shape index (κ1) is 18.1. The van der Waals surface area contributed by atoms with Crippen LogP contribution in [0.15, 0.2) is 12.1 Å². The summed E-state index contributed by atoms with van der Waals surface area (Å²) in [5.74, 6) is 0.580. The van der Waals surface area contributed by atoms with Crippen molar-refractivity contribution in [2.24, 2.45) is 0 Å². The third-order valence-electron chi connectivity index (χ3n) is 4.54. The molecule has 5 heteroatoms. The van der Waals surface area contributed by atoms with Crippen LogP contribution in [-0.2, 0) is 4.79 Å². The summed E-state index contributed by atoms with van der Waals surface area (Å²) in [5.41, 5.74) is 1.59. The maximum atomic E-state index is 12.5. The summed E-state index contributed by atoms with van der Waals surface area (Å²) in [5, 5.41) is 3.61. The van der Waals surface area contributed by atoms with Crippen LogP contribution in [0.1, 0.15) is 45.1 Å². The van der Waals surface area contributed by atoms with Crippen molar-refractivity contribution in [1.82, 2.24) is 4.90 Å². The van der Waals surface area contributed by atoms with Crippen LogP contribution >= 0.6 is 11.6 Å². The minimum absolute atomic E-state index is 0.00868. The Balaban J connectivity index is 2.07. The Bertz CT molecular complexity index is 554. The molecule has 128 valence electrons. The molecule has 0 aliphatic heterocycles. The largest absolute Gasteiger partial charge is 0.495 e. The third-order valence-corrected chi connectivity index (χ3v) is 4.95. The number of ether oxygens (including phenoxy) is 1. The quantitative estimate of drug-likeness (QED) is 0.843. The molecule has 1 N–H and O–H groups in total. The normalized spacial score (nSPS) is 15.4. The number of anilines is 1. The van der Waals surface area contributed by atoms with Crippen molar-refractivity contribution in [1.29, 1.82) is 0 Å². The van der Waals surface area contributed by atoms with E-state index in [1.54, 1.807) is 13.2 Å². The fourth-order valence-corrected chi connectivity index (χ4v) is 3.41. The zero-order valence-corrected chi connectivity index (χ0v) is 15.2. The van der Waals surface area contributed by atoms with Gasteiger partial charge in [-0.1, -0.05) is 24.4 Å². The van der Waals surface area contributed by atoms with E-state index >= 15 is 0 Å². The van der Waals surface area contributed by atoms with Gasteiger partial charge in [-0.2, -0.15) is 0 Å². The highest BCUT2D eigenvalue weighted by Crippen LogP contribution is 2.31. The molecule has 0 aromatic heterocycles. The van der Waals surface area contributed by atoms with E-state index in [-0.39, 0.29) is 5.91 Å². The van der Waals surface area contributed by atoms with Crippen LogP contribution in [0, 0.1) is 6.92 Å². The number of hydrogen-bond acceptors (Lipinski definition) is 3. The van der Waals surface area contributed by atoms with Gasteiger partial charge in [0, 0.05) is 23.2 Å². The summed E-state index contributed by atoms with van der Waals surface area (Å²) in [7, 11) is 1.58. The second-order valence-corrected chi connectivity index (χ2v) is 6.96. The van der Waals surface area contributed by atoms with Crippen molar-refractivity contribution in [3.8, 4) is 5.75 Å². The van der Waals surface area contributed by atoms with Crippen molar-refractivity contribution in [2.75, 3.05) is 19.0 Å². The molecule has 1 aliphatic rings. The number of nitrogens with zero attached hydrogens (tertiary/aromatic N) is 1. The lowest BCUT2D eigenvalue weighted by Crippen LogP contribution is -2.43. The minimum atomic E-state index is -0.00868. The summed E-state index contributed by atoms with van der Waals surface area (Å²) in [6.45, 7) is 6.63. The average molecular weight is 339 g/mol. The SMILES string of the molecule is COc1cc(Cl)c(C)cc1NC(=O)CN(C(C)C)C1CCCC1. The molecule has 0 heterocycles. The number of amides is 1. The molecule has 1 aliphatic carbocycles. The van der Waals surface area contributed by atoms with E-state index in [0.717, 1.165) is 5.56 Å². The van der Waals surface area contributed by atoms with Crippen LogP contribution in [0.4, 0.5) is 5.69 Å². The lowest BCUT2D eigenvalue weighted by Gasteiger charge is -2.32. The number of halogens is 1. The Hall–Kier alpha value is -1.26. The molecule has 1 aromatic rings. The monoisotopic (exact) mass is 338 g/mol. The Morgan fingerprint density at radius 2 is 2.04 bits per heavy atom. The minimum Gasteiger partial charge on any atom is -0.495 e. The summed E-state index contributed by atoms with van der Waals surface area (Å²) >= 11 is 6.11. The molecular weight excluding hydrogens is 312 g/mol. The summed E-state index contributed by atoms with van der Waals surface area (Å²) in [4.78, 5) is 14.8. The summed E-state index contributed by atoms with van der Waals surface area (Å²) in [6, 6.07) is 4.48. The Morgan fingerprint density at radius 1 is 1.39 bits per heavy atom. The van der Waals surface area contributed by atoms with Gasteiger partial charge in [0.1, 0.15) is 5.75 Å². The van der Waals surface area contributed by atoms with Crippen molar-refractivity contribution < 1.29 is 9.53 Å². The number of benzene rings is 1. The highest BCUT2D eigenvalue weighted by Gasteiger charge is 2.26. The number of aryl methyl sites for hydroxylation is 1. The van der Waals surface area contributed by atoms with Crippen LogP contribution in [0.25, 0.3) is 0 Å². The first-order valence-electron chi connectivity index (χ1n) is 8.32. The van der Waals surface area contributed by atoms with Gasteiger partial charge in [-0.05, 0) is 45.2 Å². The number of nitrogens with one attached hydrogen (secondary N) is 1. The van der Waals surface area contributed by atoms with E-state index in [1.807, 2.05) is 13.0 Å². The van der Waals surface area contributed by atoms with Gasteiger partial charge in [0.25, 0.3) is 0 Å². The van der Waals surface area contributed by atoms with E-state index in [0.29, 0.717) is 35.1 Å². The van der Waals surface area contributed by atoms with E-state index in [1.165, 1.54) is 25.7 Å². The molecule has 1 amide bonds. The number of carbonyl (C=O) groups is 1. The fraction of sp³-hybridized carbons (Fsp3) is 0.611. The second kappa shape index (κ2) is 8.02. The van der Waals surface area contributed by atoms with Gasteiger partial charge in [0.15, 0.2) is 0 Å². The topological polar surface area (TPSA) is 41.6 Å². The lowest BCUT2D eigenvalue weighted by atomic mass is 10.1. The molecule has 0 saturated heterocycles. The lowest BCUT2D eigenvalue weighted by molar-refractivity contribution is -0.118. The first-order valence-corrected chi connectivity index (χ1v) is 8.70. The van der Waals surface area contributed by atoms with Gasteiger partial charge in [0.2, 0.25) is 5.91 Å². The maximum absolute atomic E-state index is 12.5. The van der Waals surface area contributed by atoms with E-state index in [4.69, 9.17) is 16.3 Å². The molecule has 2 rings (SSSR count). The predicted molar refractivity (Wildman–Crippen MR) is 95.5 cm³/mol. The first-order chi connectivity index (χ1) is 10.9. The van der Waals surface area contributed by atoms with Gasteiger partial charge < -0.3 is 10.1 Å². The Labute approximate surface area is 144 Å². The van der Waals surface area contributed by atoms with Crippen molar-refractivity contribution in [3.63, 3.8) is 0 Å². The molecule has 0 spiro atoms. The van der Waals surface area contributed by atoms with E-state index < -0.39 is 0 Å². The number of hydrogen-bond donors (Lipinski definition) is 1. The van der Waals surface area contributed by atoms with Gasteiger partial charge in [-0.25, -0.2) is 0 Å². The molecule has 0 bridgehead atoms. The molecule has 1 fully saturated rings. The van der Waals surface area contributed by atoms with Gasteiger partial charge in [-0.15, -0.1) is 0 Å². The molecule has 4 nitrogen and oxygen atoms in total. The predicted octanol–water partition coefficient (Wildman–Crippen LogP) is 4.25. The van der Waals surface area contributed by atoms with E-state index in [2.05, 4.69) is 24.1 Å². The molecule has 1 saturated carbocycles. The number of rotatable bonds is 6. The maximum Gasteiger partial charge on any atom is 0.238 e. The molecule has 1 aromatic carbocycles. The highest BCUT2D eigenvalue weighted by atomic mass is 35.5. The highest BCUT2D eigenvalue weighted by molar-refractivity contribution is 6.31. The molecule has 0 unspecified atom stereocenters. The zero-order valence-electron chi connectivity index (χ0n) is 14.5. The van der Waals surface area contributed by atoms with Crippen LogP contribution in [0.5, 0.6) is 5.75 Å². The molecule has 23 heavy (non-hydrogen) atoms. The van der Waals surface area contributed by atoms with Crippen LogP contribution in [-0.4, -0.2) is 36.5 Å². The van der Waals surface area contributed by atoms with Gasteiger partial charge >= 0.3 is 0 Å². The van der Waals surface area contributed by atoms with Crippen LogP contribution in [0.2, 0.25) is 5.02 Å². The summed E-state index contributed by atoms with van der Waals surface area (Å²) < 4.78 is 5.32. The Morgan fingerprint density at radius 3 is 2.61 bits per heavy atom. The third kappa shape index (κ3) is 4.61. The van der Waals surface area contributed by atoms with Crippen molar-refractivity contribution in [3.05, 3.63) is 22.7 Å². The molecule has 0 atom stereocenters. The number of methoxy groups -OCH3 is 1. The Kier molecular flexibility index (Phi) is 6.31.